The normalized spacial score (nSPS) is 18.9. The Morgan fingerprint density at radius 3 is 2.03 bits per heavy atom. The summed E-state index contributed by atoms with van der Waals surface area (Å²) in [6.07, 6.45) is 6.32. The number of rotatable bonds is 28. The molecule has 5 aliphatic heterocycles. The molecule has 0 radical (unpaired) electrons. The average molecular weight is 1410 g/mol. The summed E-state index contributed by atoms with van der Waals surface area (Å²) in [5, 5.41) is 26.3. The van der Waals surface area contributed by atoms with Gasteiger partial charge in [-0.3, -0.25) is 43.3 Å². The topological polar surface area (TPSA) is 300 Å². The van der Waals surface area contributed by atoms with Gasteiger partial charge >= 0.3 is 6.09 Å². The lowest BCUT2D eigenvalue weighted by Crippen LogP contribution is -2.50. The van der Waals surface area contributed by atoms with Crippen LogP contribution >= 0.6 is 0 Å². The number of ketones is 3. The predicted octanol–water partition coefficient (Wildman–Crippen LogP) is 9.62. The number of ether oxygens (including phenoxy) is 5. The Morgan fingerprint density at radius 2 is 1.32 bits per heavy atom. The van der Waals surface area contributed by atoms with E-state index in [4.69, 9.17) is 28.7 Å². The quantitative estimate of drug-likeness (QED) is 0.0385. The van der Waals surface area contributed by atoms with Crippen molar-refractivity contribution in [1.82, 2.24) is 35.4 Å². The van der Waals surface area contributed by atoms with Crippen LogP contribution in [0.1, 0.15) is 148 Å². The van der Waals surface area contributed by atoms with Gasteiger partial charge in [-0.2, -0.15) is 0 Å². The molecule has 540 valence electrons. The minimum Gasteiger partial charge on any atom is -0.493 e. The molecular formula is C78H88N10O15. The van der Waals surface area contributed by atoms with Crippen molar-refractivity contribution >= 4 is 76.3 Å². The van der Waals surface area contributed by atoms with Crippen LogP contribution in [0.4, 0.5) is 21.9 Å². The van der Waals surface area contributed by atoms with Gasteiger partial charge in [-0.05, 0) is 116 Å². The van der Waals surface area contributed by atoms with Crippen molar-refractivity contribution in [3.63, 3.8) is 0 Å². The van der Waals surface area contributed by atoms with Gasteiger partial charge in [0.2, 0.25) is 17.7 Å². The zero-order valence-corrected chi connectivity index (χ0v) is 59.1. The van der Waals surface area contributed by atoms with E-state index in [1.165, 1.54) is 13.2 Å². The third kappa shape index (κ3) is 15.3. The molecule has 0 bridgehead atoms. The van der Waals surface area contributed by atoms with Gasteiger partial charge in [-0.15, -0.1) is 5.10 Å². The van der Waals surface area contributed by atoms with Crippen LogP contribution in [0, 0.1) is 22.7 Å². The molecule has 2 saturated heterocycles. The summed E-state index contributed by atoms with van der Waals surface area (Å²) < 4.78 is 31.5. The number of amides is 6. The van der Waals surface area contributed by atoms with E-state index in [-0.39, 0.29) is 140 Å². The standard InChI is InChI=1S/C78H88N10O15/c1-46(2)56(33-53(90)41-80-68(92)24-22-52(89)23-25-69(93)85-42-50-14-8-9-15-54(50)70-71(84(4)83-82-70)55-16-10-11-17-60(55)85)72(94)81-47(3)63(91)32-48-18-20-49(21-19-48)43-103-76(98)88-61-37-67(65(100-6)35-58(61)74(96)87-45-78(28-29-78)39-62(87)75(88)97)102-31-13-7-12-30-101-66-36-59-57(34-64(66)99-5)73(95)86-44-77(26-27-77)38-51(86)40-79-59/h8-11,14-21,34-37,40,46-47,51,56,62,75,97H,7,12-13,22-33,38-39,41-45H2,1-6H3,(H,80,92)(H,81,94)/t47-,51-,56-,62-,75-/m0/s1. The summed E-state index contributed by atoms with van der Waals surface area (Å²) in [5.41, 5.74) is 7.27. The largest absolute Gasteiger partial charge is 0.493 e. The van der Waals surface area contributed by atoms with Crippen molar-refractivity contribution in [1.29, 1.82) is 0 Å². The number of para-hydroxylation sites is 1. The molecule has 2 saturated carbocycles. The third-order valence-electron chi connectivity index (χ3n) is 21.4. The van der Waals surface area contributed by atoms with E-state index in [0.29, 0.717) is 84.1 Å². The first-order valence-corrected chi connectivity index (χ1v) is 35.7. The Labute approximate surface area is 597 Å². The Kier molecular flexibility index (Phi) is 20.7. The number of methoxy groups -OCH3 is 2. The zero-order chi connectivity index (χ0) is 72.4. The second-order valence-electron chi connectivity index (χ2n) is 29.0. The molecule has 4 fully saturated rings. The van der Waals surface area contributed by atoms with Crippen molar-refractivity contribution in [3.05, 3.63) is 125 Å². The van der Waals surface area contributed by atoms with Crippen LogP contribution in [-0.2, 0) is 60.1 Å². The van der Waals surface area contributed by atoms with Crippen LogP contribution in [0.15, 0.2) is 102 Å². The maximum absolute atomic E-state index is 14.5. The smallest absolute Gasteiger partial charge is 0.416 e. The van der Waals surface area contributed by atoms with Crippen molar-refractivity contribution in [2.24, 2.45) is 34.7 Å². The molecule has 0 unspecified atom stereocenters. The highest BCUT2D eigenvalue weighted by atomic mass is 16.6. The molecule has 2 aliphatic carbocycles. The molecule has 5 atom stereocenters. The number of carbonyl (C=O) groups is 9. The molecule has 103 heavy (non-hydrogen) atoms. The van der Waals surface area contributed by atoms with Gasteiger partial charge in [-0.1, -0.05) is 85.8 Å². The number of benzene rings is 5. The average Bonchev–Trinajstić information content (AvgIpc) is 1.58. The van der Waals surface area contributed by atoms with Gasteiger partial charge in [0.15, 0.2) is 40.8 Å². The zero-order valence-electron chi connectivity index (χ0n) is 59.1. The number of aliphatic hydroxyl groups excluding tert-OH is 1. The predicted molar refractivity (Wildman–Crippen MR) is 380 cm³/mol. The van der Waals surface area contributed by atoms with E-state index in [1.807, 2.05) is 59.6 Å². The van der Waals surface area contributed by atoms with Gasteiger partial charge in [0, 0.05) is 94.1 Å². The summed E-state index contributed by atoms with van der Waals surface area (Å²) in [6.45, 7) is 6.61. The highest BCUT2D eigenvalue weighted by Gasteiger charge is 2.58. The van der Waals surface area contributed by atoms with Gasteiger partial charge in [-0.25, -0.2) is 14.4 Å². The van der Waals surface area contributed by atoms with E-state index in [0.717, 1.165) is 65.9 Å². The van der Waals surface area contributed by atoms with Gasteiger partial charge < -0.3 is 54.1 Å². The molecule has 6 amide bonds. The number of aliphatic imine (C=N–C) groups is 1. The maximum Gasteiger partial charge on any atom is 0.416 e. The fourth-order valence-electron chi connectivity index (χ4n) is 15.0. The highest BCUT2D eigenvalue weighted by molar-refractivity contribution is 6.07. The summed E-state index contributed by atoms with van der Waals surface area (Å²) in [4.78, 5) is 134. The minimum absolute atomic E-state index is 0.0135. The molecule has 6 aromatic rings. The van der Waals surface area contributed by atoms with E-state index in [9.17, 15) is 48.3 Å². The first-order valence-electron chi connectivity index (χ1n) is 35.7. The molecule has 25 heteroatoms. The van der Waals surface area contributed by atoms with Gasteiger partial charge in [0.25, 0.3) is 11.8 Å². The molecule has 2 spiro atoms. The summed E-state index contributed by atoms with van der Waals surface area (Å²) >= 11 is 0. The lowest BCUT2D eigenvalue weighted by molar-refractivity contribution is -0.133. The molecule has 6 heterocycles. The number of aliphatic hydroxyl groups is 1. The van der Waals surface area contributed by atoms with Crippen LogP contribution < -0.4 is 39.4 Å². The Morgan fingerprint density at radius 1 is 0.680 bits per heavy atom. The van der Waals surface area contributed by atoms with Gasteiger partial charge in [0.05, 0.1) is 92.5 Å². The number of carbonyl (C=O) groups excluding carboxylic acids is 9. The molecule has 5 aromatic carbocycles. The highest BCUT2D eigenvalue weighted by Crippen LogP contribution is 2.58. The Bertz CT molecular complexity index is 4350. The van der Waals surface area contributed by atoms with Crippen LogP contribution in [0.2, 0.25) is 0 Å². The monoisotopic (exact) mass is 1400 g/mol. The number of hydrogen-bond acceptors (Lipinski definition) is 18. The van der Waals surface area contributed by atoms with E-state index >= 15 is 0 Å². The first-order chi connectivity index (χ1) is 49.6. The number of unbranched alkanes of at least 4 members (excludes halogenated alkanes) is 2. The first kappa shape index (κ1) is 71.1. The van der Waals surface area contributed by atoms with E-state index < -0.39 is 47.9 Å². The third-order valence-corrected chi connectivity index (χ3v) is 21.4. The molecular weight excluding hydrogens is 1320 g/mol. The number of hydrogen-bond donors (Lipinski definition) is 3. The lowest BCUT2D eigenvalue weighted by Gasteiger charge is -2.31. The van der Waals surface area contributed by atoms with Crippen LogP contribution in [0.5, 0.6) is 23.0 Å². The van der Waals surface area contributed by atoms with Crippen LogP contribution in [-0.4, -0.2) is 161 Å². The number of anilines is 2. The number of aryl methyl sites for hydroxylation is 1. The van der Waals surface area contributed by atoms with E-state index in [2.05, 4.69) is 20.9 Å². The SMILES string of the molecule is COc1cc2c(cc1OCCCCCOc1cc3c(cc1OC)C(=O)N1CC4(CC4)C[C@H]1[C@H](O)N3C(=O)OCc1ccc(CC(=O)[C@H](C)NC(=O)[C@@H](CC(=O)CNC(=O)CCC(=O)CCC(=O)N3Cc4ccccc4-c4nnn(C)c4-c4ccccc43)C(C)C)cc1)N=C[C@@H]1CC3(CC3)CN1C2=O. The minimum atomic E-state index is -1.46. The number of nitrogens with zero attached hydrogens (tertiary/aromatic N) is 8. The molecule has 25 nitrogen and oxygen atoms in total. The van der Waals surface area contributed by atoms with E-state index in [1.54, 1.807) is 91.9 Å². The van der Waals surface area contributed by atoms with Crippen molar-refractivity contribution in [3.8, 4) is 45.5 Å². The van der Waals surface area contributed by atoms with Crippen molar-refractivity contribution in [2.75, 3.05) is 56.9 Å². The second kappa shape index (κ2) is 30.0. The van der Waals surface area contributed by atoms with Crippen molar-refractivity contribution in [2.45, 2.75) is 155 Å². The summed E-state index contributed by atoms with van der Waals surface area (Å²) in [5.74, 6) is -2.30. The Hall–Kier alpha value is -10.3. The van der Waals surface area contributed by atoms with Crippen LogP contribution in [0.25, 0.3) is 22.5 Å². The number of Topliss-reactive ketones (excluding diaryl/α,β-unsaturated/α-hetero) is 3. The summed E-state index contributed by atoms with van der Waals surface area (Å²) in [6, 6.07) is 27.0. The fraction of sp³-hybridized carbons (Fsp3) is 0.462. The van der Waals surface area contributed by atoms with Crippen LogP contribution in [0.3, 0.4) is 0 Å². The lowest BCUT2D eigenvalue weighted by atomic mass is 9.89. The molecule has 3 N–H and O–H groups in total. The number of nitrogens with one attached hydrogen (secondary N) is 2. The number of fused-ring (bicyclic) bond motifs is 9. The maximum atomic E-state index is 14.5. The number of aromatic nitrogens is 3. The molecule has 13 rings (SSSR count). The Balaban J connectivity index is 0.557. The second-order valence-corrected chi connectivity index (χ2v) is 29.0. The molecule has 1 aromatic heterocycles. The molecule has 7 aliphatic rings. The van der Waals surface area contributed by atoms with Gasteiger partial charge in [0.1, 0.15) is 18.1 Å². The summed E-state index contributed by atoms with van der Waals surface area (Å²) in [7, 11) is 4.82. The fourth-order valence-corrected chi connectivity index (χ4v) is 15.0. The van der Waals surface area contributed by atoms with Crippen molar-refractivity contribution < 1.29 is 71.9 Å².